The van der Waals surface area contributed by atoms with Crippen molar-refractivity contribution in [2.45, 2.75) is 70.8 Å². The number of carboxylic acid groups (broad SMARTS) is 1. The number of ether oxygens (including phenoxy) is 1. The van der Waals surface area contributed by atoms with E-state index in [0.717, 1.165) is 32.3 Å². The van der Waals surface area contributed by atoms with Gasteiger partial charge in [-0.2, -0.15) is 0 Å². The van der Waals surface area contributed by atoms with Crippen molar-refractivity contribution in [3.8, 4) is 0 Å². The smallest absolute Gasteiger partial charge is 0.303 e. The molecular weight excluding hydrogens is 232 g/mol. The lowest BCUT2D eigenvalue weighted by Gasteiger charge is -2.05. The molecule has 4 nitrogen and oxygen atoms in total. The highest BCUT2D eigenvalue weighted by atomic mass is 16.5. The number of carbonyl (C=O) groups is 1. The molecule has 0 amide bonds. The fourth-order valence-electron chi connectivity index (χ4n) is 1.72. The van der Waals surface area contributed by atoms with Crippen molar-refractivity contribution in [2.24, 2.45) is 0 Å². The van der Waals surface area contributed by atoms with Gasteiger partial charge in [0.15, 0.2) is 0 Å². The van der Waals surface area contributed by atoms with Crippen LogP contribution in [0.25, 0.3) is 0 Å². The molecule has 0 fully saturated rings. The Kier molecular flexibility index (Phi) is 12.4. The molecule has 0 radical (unpaired) electrons. The average molecular weight is 260 g/mol. The van der Waals surface area contributed by atoms with Gasteiger partial charge in [0.2, 0.25) is 0 Å². The van der Waals surface area contributed by atoms with E-state index in [4.69, 9.17) is 14.9 Å². The second-order valence-corrected chi connectivity index (χ2v) is 4.87. The molecule has 0 aliphatic rings. The minimum Gasteiger partial charge on any atom is -0.481 e. The van der Waals surface area contributed by atoms with Gasteiger partial charge in [-0.3, -0.25) is 4.79 Å². The fraction of sp³-hybridized carbons (Fsp3) is 0.929. The van der Waals surface area contributed by atoms with Gasteiger partial charge in [-0.15, -0.1) is 0 Å². The molecule has 0 aromatic heterocycles. The molecule has 1 atom stereocenters. The molecule has 1 unspecified atom stereocenters. The summed E-state index contributed by atoms with van der Waals surface area (Å²) < 4.78 is 5.39. The second kappa shape index (κ2) is 12.8. The molecule has 0 aliphatic carbocycles. The van der Waals surface area contributed by atoms with Crippen LogP contribution in [0, 0.1) is 0 Å². The number of rotatable bonds is 13. The van der Waals surface area contributed by atoms with Gasteiger partial charge in [-0.05, 0) is 26.2 Å². The van der Waals surface area contributed by atoms with Gasteiger partial charge in [0, 0.05) is 19.6 Å². The molecule has 0 saturated carbocycles. The Balaban J connectivity index is 2.97. The molecule has 0 spiro atoms. The lowest BCUT2D eigenvalue weighted by molar-refractivity contribution is -0.137. The SMILES string of the molecule is CC(O)CCOCCCCCCCCCC(=O)O. The van der Waals surface area contributed by atoms with Crippen LogP contribution in [0.15, 0.2) is 0 Å². The van der Waals surface area contributed by atoms with E-state index >= 15 is 0 Å². The number of aliphatic hydroxyl groups is 1. The van der Waals surface area contributed by atoms with Crippen LogP contribution >= 0.6 is 0 Å². The van der Waals surface area contributed by atoms with E-state index in [9.17, 15) is 4.79 Å². The summed E-state index contributed by atoms with van der Waals surface area (Å²) in [5.74, 6) is -0.690. The van der Waals surface area contributed by atoms with E-state index < -0.39 is 5.97 Å². The molecule has 0 aliphatic heterocycles. The minimum absolute atomic E-state index is 0.268. The van der Waals surface area contributed by atoms with E-state index in [1.807, 2.05) is 0 Å². The maximum absolute atomic E-state index is 10.3. The van der Waals surface area contributed by atoms with Crippen molar-refractivity contribution in [3.05, 3.63) is 0 Å². The first-order chi connectivity index (χ1) is 8.63. The Morgan fingerprint density at radius 3 is 2.11 bits per heavy atom. The average Bonchev–Trinajstić information content (AvgIpc) is 2.29. The lowest BCUT2D eigenvalue weighted by atomic mass is 10.1. The number of hydrogen-bond donors (Lipinski definition) is 2. The Labute approximate surface area is 110 Å². The van der Waals surface area contributed by atoms with E-state index in [2.05, 4.69) is 0 Å². The minimum atomic E-state index is -0.690. The number of aliphatic carboxylic acids is 1. The van der Waals surface area contributed by atoms with E-state index in [1.54, 1.807) is 6.92 Å². The predicted octanol–water partition coefficient (Wildman–Crippen LogP) is 2.98. The highest BCUT2D eigenvalue weighted by molar-refractivity contribution is 5.66. The molecule has 2 N–H and O–H groups in total. The molecule has 0 rings (SSSR count). The molecule has 0 heterocycles. The van der Waals surface area contributed by atoms with Crippen molar-refractivity contribution in [3.63, 3.8) is 0 Å². The lowest BCUT2D eigenvalue weighted by Crippen LogP contribution is -2.06. The third-order valence-corrected chi connectivity index (χ3v) is 2.86. The van der Waals surface area contributed by atoms with Crippen molar-refractivity contribution < 1.29 is 19.7 Å². The van der Waals surface area contributed by atoms with Gasteiger partial charge >= 0.3 is 5.97 Å². The first-order valence-electron chi connectivity index (χ1n) is 7.10. The molecule has 4 heteroatoms. The number of aliphatic hydroxyl groups excluding tert-OH is 1. The van der Waals surface area contributed by atoms with E-state index in [1.165, 1.54) is 19.3 Å². The van der Waals surface area contributed by atoms with E-state index in [-0.39, 0.29) is 6.10 Å². The highest BCUT2D eigenvalue weighted by Gasteiger charge is 1.97. The van der Waals surface area contributed by atoms with Crippen LogP contribution < -0.4 is 0 Å². The summed E-state index contributed by atoms with van der Waals surface area (Å²) in [6.07, 6.45) is 8.35. The number of unbranched alkanes of at least 4 members (excludes halogenated alkanes) is 6. The maximum Gasteiger partial charge on any atom is 0.303 e. The van der Waals surface area contributed by atoms with Crippen LogP contribution in [-0.2, 0) is 9.53 Å². The molecule has 0 aromatic rings. The third kappa shape index (κ3) is 15.4. The van der Waals surface area contributed by atoms with Gasteiger partial charge < -0.3 is 14.9 Å². The van der Waals surface area contributed by atoms with Gasteiger partial charge in [0.1, 0.15) is 0 Å². The summed E-state index contributed by atoms with van der Waals surface area (Å²) >= 11 is 0. The Hall–Kier alpha value is -0.610. The standard InChI is InChI=1S/C14H28O4/c1-13(15)10-12-18-11-8-6-4-2-3-5-7-9-14(16)17/h13,15H,2-12H2,1H3,(H,16,17). The molecular formula is C14H28O4. The molecule has 0 bridgehead atoms. The van der Waals surface area contributed by atoms with Crippen molar-refractivity contribution in [1.82, 2.24) is 0 Å². The number of carboxylic acids is 1. The zero-order valence-corrected chi connectivity index (χ0v) is 11.6. The quantitative estimate of drug-likeness (QED) is 0.500. The van der Waals surface area contributed by atoms with Crippen LogP contribution in [0.4, 0.5) is 0 Å². The van der Waals surface area contributed by atoms with Gasteiger partial charge in [0.05, 0.1) is 6.10 Å². The van der Waals surface area contributed by atoms with Crippen LogP contribution in [0.5, 0.6) is 0 Å². The molecule has 18 heavy (non-hydrogen) atoms. The maximum atomic E-state index is 10.3. The van der Waals surface area contributed by atoms with Gasteiger partial charge in [0.25, 0.3) is 0 Å². The monoisotopic (exact) mass is 260 g/mol. The van der Waals surface area contributed by atoms with Crippen LogP contribution in [0.2, 0.25) is 0 Å². The Morgan fingerprint density at radius 1 is 1.00 bits per heavy atom. The molecule has 108 valence electrons. The van der Waals surface area contributed by atoms with Crippen LogP contribution in [0.1, 0.15) is 64.7 Å². The molecule has 0 saturated heterocycles. The summed E-state index contributed by atoms with van der Waals surface area (Å²) in [7, 11) is 0. The zero-order chi connectivity index (χ0) is 13.6. The predicted molar refractivity (Wildman–Crippen MR) is 71.7 cm³/mol. The van der Waals surface area contributed by atoms with Crippen molar-refractivity contribution in [2.75, 3.05) is 13.2 Å². The first kappa shape index (κ1) is 17.4. The van der Waals surface area contributed by atoms with Crippen LogP contribution in [0.3, 0.4) is 0 Å². The molecule has 0 aromatic carbocycles. The normalized spacial score (nSPS) is 12.6. The third-order valence-electron chi connectivity index (χ3n) is 2.86. The first-order valence-corrected chi connectivity index (χ1v) is 7.10. The summed E-state index contributed by atoms with van der Waals surface area (Å²) in [5.41, 5.74) is 0. The summed E-state index contributed by atoms with van der Waals surface area (Å²) in [4.78, 5) is 10.3. The number of hydrogen-bond acceptors (Lipinski definition) is 3. The highest BCUT2D eigenvalue weighted by Crippen LogP contribution is 2.08. The Bertz CT molecular complexity index is 192. The Morgan fingerprint density at radius 2 is 1.56 bits per heavy atom. The summed E-state index contributed by atoms with van der Waals surface area (Å²) in [5, 5.41) is 17.5. The summed E-state index contributed by atoms with van der Waals surface area (Å²) in [6.45, 7) is 3.20. The van der Waals surface area contributed by atoms with Crippen molar-refractivity contribution in [1.29, 1.82) is 0 Å². The van der Waals surface area contributed by atoms with Crippen molar-refractivity contribution >= 4 is 5.97 Å². The fourth-order valence-corrected chi connectivity index (χ4v) is 1.72. The van der Waals surface area contributed by atoms with Crippen LogP contribution in [-0.4, -0.2) is 35.5 Å². The summed E-state index contributed by atoms with van der Waals surface area (Å²) in [6, 6.07) is 0. The second-order valence-electron chi connectivity index (χ2n) is 4.87. The van der Waals surface area contributed by atoms with Gasteiger partial charge in [-0.1, -0.05) is 32.1 Å². The van der Waals surface area contributed by atoms with E-state index in [0.29, 0.717) is 19.4 Å². The van der Waals surface area contributed by atoms with Gasteiger partial charge in [-0.25, -0.2) is 0 Å². The topological polar surface area (TPSA) is 66.8 Å². The largest absolute Gasteiger partial charge is 0.481 e. The zero-order valence-electron chi connectivity index (χ0n) is 11.6.